The maximum atomic E-state index is 13.1. The molecule has 2 aromatic rings. The lowest BCUT2D eigenvalue weighted by molar-refractivity contribution is -0.117. The first-order valence-electron chi connectivity index (χ1n) is 7.55. The Morgan fingerprint density at radius 3 is 2.39 bits per heavy atom. The van der Waals surface area contributed by atoms with Crippen LogP contribution in [-0.2, 0) is 16.0 Å². The number of rotatable bonds is 5. The van der Waals surface area contributed by atoms with E-state index in [1.54, 1.807) is 36.4 Å². The Bertz CT molecular complexity index is 741. The molecule has 0 aliphatic heterocycles. The van der Waals surface area contributed by atoms with Gasteiger partial charge in [-0.1, -0.05) is 18.2 Å². The van der Waals surface area contributed by atoms with Crippen molar-refractivity contribution in [2.75, 3.05) is 10.6 Å². The topological polar surface area (TPSA) is 58.2 Å². The average Bonchev–Trinajstić information content (AvgIpc) is 3.32. The monoisotopic (exact) mass is 312 g/mol. The van der Waals surface area contributed by atoms with Crippen molar-refractivity contribution in [2.24, 2.45) is 5.92 Å². The van der Waals surface area contributed by atoms with Crippen LogP contribution in [0.2, 0.25) is 0 Å². The highest BCUT2D eigenvalue weighted by atomic mass is 19.1. The van der Waals surface area contributed by atoms with E-state index in [2.05, 4.69) is 10.6 Å². The van der Waals surface area contributed by atoms with Gasteiger partial charge in [0.15, 0.2) is 0 Å². The molecule has 0 spiro atoms. The first-order chi connectivity index (χ1) is 11.1. The minimum Gasteiger partial charge on any atom is -0.326 e. The fourth-order valence-electron chi connectivity index (χ4n) is 2.30. The standard InChI is InChI=1S/C18H17FN2O2/c19-14-4-1-3-12(9-14)10-17(22)20-15-5-2-6-16(11-15)21-18(23)13-7-8-13/h1-6,9,11,13H,7-8,10H2,(H,20,22)(H,21,23). The molecule has 0 radical (unpaired) electrons. The number of anilines is 2. The molecule has 1 aliphatic rings. The molecule has 0 atom stereocenters. The molecule has 0 saturated heterocycles. The Morgan fingerprint density at radius 1 is 1.00 bits per heavy atom. The van der Waals surface area contributed by atoms with Crippen molar-refractivity contribution in [3.8, 4) is 0 Å². The van der Waals surface area contributed by atoms with Gasteiger partial charge in [0, 0.05) is 17.3 Å². The third kappa shape index (κ3) is 4.39. The zero-order valence-corrected chi connectivity index (χ0v) is 12.5. The molecule has 1 aliphatic carbocycles. The minimum atomic E-state index is -0.361. The van der Waals surface area contributed by atoms with E-state index in [-0.39, 0.29) is 30.0 Å². The van der Waals surface area contributed by atoms with Crippen LogP contribution in [-0.4, -0.2) is 11.8 Å². The van der Waals surface area contributed by atoms with E-state index in [1.807, 2.05) is 0 Å². The lowest BCUT2D eigenvalue weighted by Crippen LogP contribution is -2.16. The SMILES string of the molecule is O=C(Cc1cccc(F)c1)Nc1cccc(NC(=O)C2CC2)c1. The molecular formula is C18H17FN2O2. The van der Waals surface area contributed by atoms with Gasteiger partial charge in [-0.05, 0) is 48.7 Å². The molecule has 2 amide bonds. The normalized spacial score (nSPS) is 13.4. The van der Waals surface area contributed by atoms with E-state index < -0.39 is 0 Å². The number of hydrogen-bond donors (Lipinski definition) is 2. The second kappa shape index (κ2) is 6.60. The Kier molecular flexibility index (Phi) is 4.37. The van der Waals surface area contributed by atoms with Gasteiger partial charge in [-0.2, -0.15) is 0 Å². The van der Waals surface area contributed by atoms with Crippen molar-refractivity contribution in [2.45, 2.75) is 19.3 Å². The van der Waals surface area contributed by atoms with Crippen molar-refractivity contribution in [3.63, 3.8) is 0 Å². The summed E-state index contributed by atoms with van der Waals surface area (Å²) in [5.41, 5.74) is 1.87. The molecule has 4 nitrogen and oxygen atoms in total. The minimum absolute atomic E-state index is 0.0215. The summed E-state index contributed by atoms with van der Waals surface area (Å²) in [4.78, 5) is 23.8. The average molecular weight is 312 g/mol. The Hall–Kier alpha value is -2.69. The molecule has 2 aromatic carbocycles. The summed E-state index contributed by atoms with van der Waals surface area (Å²) >= 11 is 0. The van der Waals surface area contributed by atoms with Crippen LogP contribution in [0.1, 0.15) is 18.4 Å². The van der Waals surface area contributed by atoms with E-state index in [0.717, 1.165) is 12.8 Å². The Balaban J connectivity index is 1.60. The number of nitrogens with one attached hydrogen (secondary N) is 2. The quantitative estimate of drug-likeness (QED) is 0.889. The highest BCUT2D eigenvalue weighted by Gasteiger charge is 2.29. The summed E-state index contributed by atoms with van der Waals surface area (Å²) in [6.07, 6.45) is 1.97. The largest absolute Gasteiger partial charge is 0.326 e. The van der Waals surface area contributed by atoms with Crippen LogP contribution in [0, 0.1) is 11.7 Å². The van der Waals surface area contributed by atoms with Gasteiger partial charge >= 0.3 is 0 Å². The molecule has 0 bridgehead atoms. The summed E-state index contributed by atoms with van der Waals surface area (Å²) in [7, 11) is 0. The lowest BCUT2D eigenvalue weighted by Gasteiger charge is -2.09. The van der Waals surface area contributed by atoms with Gasteiger partial charge in [0.25, 0.3) is 0 Å². The molecule has 2 N–H and O–H groups in total. The first kappa shape index (κ1) is 15.2. The maximum Gasteiger partial charge on any atom is 0.228 e. The predicted molar refractivity (Wildman–Crippen MR) is 86.5 cm³/mol. The molecule has 1 fully saturated rings. The third-order valence-corrected chi connectivity index (χ3v) is 3.62. The lowest BCUT2D eigenvalue weighted by atomic mass is 10.1. The Labute approximate surface area is 133 Å². The van der Waals surface area contributed by atoms with Gasteiger partial charge in [-0.3, -0.25) is 9.59 Å². The molecule has 0 unspecified atom stereocenters. The van der Waals surface area contributed by atoms with E-state index in [0.29, 0.717) is 16.9 Å². The summed E-state index contributed by atoms with van der Waals surface area (Å²) in [6.45, 7) is 0. The highest BCUT2D eigenvalue weighted by Crippen LogP contribution is 2.30. The van der Waals surface area contributed by atoms with Gasteiger partial charge in [0.2, 0.25) is 11.8 Å². The van der Waals surface area contributed by atoms with Crippen LogP contribution in [0.25, 0.3) is 0 Å². The number of benzene rings is 2. The van der Waals surface area contributed by atoms with E-state index in [1.165, 1.54) is 12.1 Å². The van der Waals surface area contributed by atoms with Crippen molar-refractivity contribution < 1.29 is 14.0 Å². The zero-order valence-electron chi connectivity index (χ0n) is 12.5. The maximum absolute atomic E-state index is 13.1. The van der Waals surface area contributed by atoms with Crippen LogP contribution in [0.15, 0.2) is 48.5 Å². The van der Waals surface area contributed by atoms with Crippen molar-refractivity contribution in [3.05, 3.63) is 59.9 Å². The fraction of sp³-hybridized carbons (Fsp3) is 0.222. The summed E-state index contributed by atoms with van der Waals surface area (Å²) < 4.78 is 13.1. The summed E-state index contributed by atoms with van der Waals surface area (Å²) in [6, 6.07) is 13.0. The number of carbonyl (C=O) groups excluding carboxylic acids is 2. The molecule has 3 rings (SSSR count). The van der Waals surface area contributed by atoms with Crippen LogP contribution in [0.5, 0.6) is 0 Å². The van der Waals surface area contributed by atoms with E-state index >= 15 is 0 Å². The molecule has 1 saturated carbocycles. The molecule has 118 valence electrons. The van der Waals surface area contributed by atoms with E-state index in [9.17, 15) is 14.0 Å². The second-order valence-corrected chi connectivity index (χ2v) is 5.70. The molecular weight excluding hydrogens is 295 g/mol. The van der Waals surface area contributed by atoms with Gasteiger partial charge < -0.3 is 10.6 Å². The highest BCUT2D eigenvalue weighted by molar-refractivity contribution is 5.96. The van der Waals surface area contributed by atoms with Crippen LogP contribution >= 0.6 is 0 Å². The fourth-order valence-corrected chi connectivity index (χ4v) is 2.30. The van der Waals surface area contributed by atoms with E-state index in [4.69, 9.17) is 0 Å². The summed E-state index contributed by atoms with van der Waals surface area (Å²) in [5.74, 6) is -0.448. The number of halogens is 1. The molecule has 0 heterocycles. The van der Waals surface area contributed by atoms with Gasteiger partial charge in [0.1, 0.15) is 5.82 Å². The van der Waals surface area contributed by atoms with Gasteiger partial charge in [-0.15, -0.1) is 0 Å². The molecule has 0 aromatic heterocycles. The van der Waals surface area contributed by atoms with Crippen LogP contribution < -0.4 is 10.6 Å². The number of hydrogen-bond acceptors (Lipinski definition) is 2. The molecule has 23 heavy (non-hydrogen) atoms. The third-order valence-electron chi connectivity index (χ3n) is 3.62. The number of amides is 2. The molecule has 5 heteroatoms. The number of carbonyl (C=O) groups is 2. The smallest absolute Gasteiger partial charge is 0.228 e. The second-order valence-electron chi connectivity index (χ2n) is 5.70. The summed E-state index contributed by atoms with van der Waals surface area (Å²) in [5, 5.41) is 5.59. The first-order valence-corrected chi connectivity index (χ1v) is 7.55. The van der Waals surface area contributed by atoms with Crippen molar-refractivity contribution in [1.82, 2.24) is 0 Å². The van der Waals surface area contributed by atoms with Gasteiger partial charge in [-0.25, -0.2) is 4.39 Å². The van der Waals surface area contributed by atoms with Gasteiger partial charge in [0.05, 0.1) is 6.42 Å². The Morgan fingerprint density at radius 2 is 1.70 bits per heavy atom. The predicted octanol–water partition coefficient (Wildman–Crippen LogP) is 3.36. The van der Waals surface area contributed by atoms with Crippen molar-refractivity contribution in [1.29, 1.82) is 0 Å². The van der Waals surface area contributed by atoms with Crippen LogP contribution in [0.3, 0.4) is 0 Å². The van der Waals surface area contributed by atoms with Crippen LogP contribution in [0.4, 0.5) is 15.8 Å². The van der Waals surface area contributed by atoms with Crippen molar-refractivity contribution >= 4 is 23.2 Å². The zero-order chi connectivity index (χ0) is 16.2.